The van der Waals surface area contributed by atoms with Crippen molar-refractivity contribution in [1.82, 2.24) is 14.9 Å². The van der Waals surface area contributed by atoms with E-state index in [1.54, 1.807) is 37.5 Å². The highest BCUT2D eigenvalue weighted by Gasteiger charge is 2.43. The molecule has 0 unspecified atom stereocenters. The minimum Gasteiger partial charge on any atom is -0.493 e. The van der Waals surface area contributed by atoms with Crippen molar-refractivity contribution in [2.75, 3.05) is 20.8 Å². The molecule has 0 radical (unpaired) electrons. The molecule has 2 aliphatic rings. The predicted molar refractivity (Wildman–Crippen MR) is 115 cm³/mol. The number of nitrogens with zero attached hydrogens (tertiary/aromatic N) is 3. The van der Waals surface area contributed by atoms with Crippen molar-refractivity contribution in [3.63, 3.8) is 0 Å². The van der Waals surface area contributed by atoms with Gasteiger partial charge in [-0.2, -0.15) is 5.10 Å². The third-order valence-electron chi connectivity index (χ3n) is 5.90. The molecule has 2 amide bonds. The van der Waals surface area contributed by atoms with Crippen LogP contribution in [-0.2, 0) is 22.6 Å². The number of aromatic nitrogens is 1. The summed E-state index contributed by atoms with van der Waals surface area (Å²) in [6.07, 6.45) is 2.04. The molecule has 2 aliphatic heterocycles. The summed E-state index contributed by atoms with van der Waals surface area (Å²) in [7, 11) is 3.13. The van der Waals surface area contributed by atoms with Crippen LogP contribution in [0.2, 0.25) is 0 Å². The van der Waals surface area contributed by atoms with Gasteiger partial charge in [0.1, 0.15) is 12.6 Å². The topological polar surface area (TPSA) is 87.2 Å². The number of H-pyrrole nitrogens is 1. The fourth-order valence-corrected chi connectivity index (χ4v) is 4.33. The van der Waals surface area contributed by atoms with E-state index in [1.807, 2.05) is 30.3 Å². The number of carbonyl (C=O) groups excluding carboxylic acids is 2. The smallest absolute Gasteiger partial charge is 0.266 e. The third kappa shape index (κ3) is 3.20. The number of fused-ring (bicyclic) bond motifs is 4. The standard InChI is InChI=1S/C23H22N4O4/c1-30-20-8-7-14(9-21(20)31-2)11-24-27-13-22(28)26-12-18-16(10-19(26)23(27)29)15-5-3-4-6-17(15)25-18/h3-9,11,19,25H,10,12-13H2,1-2H3/b24-11-/t19-/m0/s1. The Morgan fingerprint density at radius 1 is 1.06 bits per heavy atom. The molecule has 3 aromatic rings. The number of para-hydroxylation sites is 1. The van der Waals surface area contributed by atoms with Gasteiger partial charge in [0.25, 0.3) is 5.91 Å². The Hall–Kier alpha value is -3.81. The van der Waals surface area contributed by atoms with Crippen LogP contribution in [0.15, 0.2) is 47.6 Å². The lowest BCUT2D eigenvalue weighted by Gasteiger charge is -2.40. The summed E-state index contributed by atoms with van der Waals surface area (Å²) in [5, 5.41) is 6.68. The average Bonchev–Trinajstić information content (AvgIpc) is 3.17. The van der Waals surface area contributed by atoms with Gasteiger partial charge in [-0.15, -0.1) is 0 Å². The molecule has 8 heteroatoms. The number of methoxy groups -OCH3 is 2. The van der Waals surface area contributed by atoms with Crippen LogP contribution in [0.25, 0.3) is 10.9 Å². The minimum atomic E-state index is -0.546. The highest BCUT2D eigenvalue weighted by Crippen LogP contribution is 2.32. The zero-order valence-electron chi connectivity index (χ0n) is 17.3. The number of rotatable bonds is 4. The largest absolute Gasteiger partial charge is 0.493 e. The molecule has 1 aromatic heterocycles. The first-order valence-corrected chi connectivity index (χ1v) is 10.0. The summed E-state index contributed by atoms with van der Waals surface area (Å²) in [6.45, 7) is 0.334. The molecule has 31 heavy (non-hydrogen) atoms. The van der Waals surface area contributed by atoms with Crippen molar-refractivity contribution in [1.29, 1.82) is 0 Å². The van der Waals surface area contributed by atoms with Gasteiger partial charge < -0.3 is 19.4 Å². The van der Waals surface area contributed by atoms with Gasteiger partial charge in [-0.25, -0.2) is 5.01 Å². The Morgan fingerprint density at radius 2 is 1.87 bits per heavy atom. The lowest BCUT2D eigenvalue weighted by atomic mass is 9.94. The fraction of sp³-hybridized carbons (Fsp3) is 0.261. The second-order valence-corrected chi connectivity index (χ2v) is 7.62. The molecule has 5 rings (SSSR count). The summed E-state index contributed by atoms with van der Waals surface area (Å²) < 4.78 is 10.5. The molecule has 0 spiro atoms. The highest BCUT2D eigenvalue weighted by atomic mass is 16.5. The zero-order valence-corrected chi connectivity index (χ0v) is 17.3. The first-order valence-electron chi connectivity index (χ1n) is 10.0. The Kier molecular flexibility index (Phi) is 4.62. The van der Waals surface area contributed by atoms with Crippen molar-refractivity contribution in [3.05, 3.63) is 59.3 Å². The van der Waals surface area contributed by atoms with Gasteiger partial charge >= 0.3 is 0 Å². The maximum Gasteiger partial charge on any atom is 0.266 e. The van der Waals surface area contributed by atoms with Gasteiger partial charge in [0, 0.05) is 23.0 Å². The van der Waals surface area contributed by atoms with Gasteiger partial charge in [-0.05, 0) is 35.4 Å². The molecule has 1 fully saturated rings. The fourth-order valence-electron chi connectivity index (χ4n) is 4.33. The summed E-state index contributed by atoms with van der Waals surface area (Å²) >= 11 is 0. The summed E-state index contributed by atoms with van der Waals surface area (Å²) in [5.74, 6) is 0.889. The van der Waals surface area contributed by atoms with E-state index in [0.29, 0.717) is 24.5 Å². The maximum absolute atomic E-state index is 13.2. The Labute approximate surface area is 179 Å². The number of carbonyl (C=O) groups is 2. The number of nitrogens with one attached hydrogen (secondary N) is 1. The summed E-state index contributed by atoms with van der Waals surface area (Å²) in [6, 6.07) is 12.8. The van der Waals surface area contributed by atoms with E-state index < -0.39 is 6.04 Å². The molecule has 2 aromatic carbocycles. The monoisotopic (exact) mass is 418 g/mol. The normalized spacial score (nSPS) is 18.5. The molecule has 3 heterocycles. The van der Waals surface area contributed by atoms with Crippen LogP contribution in [0, 0.1) is 0 Å². The van der Waals surface area contributed by atoms with E-state index in [-0.39, 0.29) is 18.4 Å². The number of hydrogen-bond donors (Lipinski definition) is 1. The molecular weight excluding hydrogens is 396 g/mol. The van der Waals surface area contributed by atoms with Crippen molar-refractivity contribution in [3.8, 4) is 11.5 Å². The Bertz CT molecular complexity index is 1220. The van der Waals surface area contributed by atoms with Crippen LogP contribution in [0.4, 0.5) is 0 Å². The first-order chi connectivity index (χ1) is 15.1. The average molecular weight is 418 g/mol. The van der Waals surface area contributed by atoms with Crippen LogP contribution >= 0.6 is 0 Å². The van der Waals surface area contributed by atoms with Gasteiger partial charge in [-0.3, -0.25) is 9.59 Å². The van der Waals surface area contributed by atoms with Crippen molar-refractivity contribution in [2.45, 2.75) is 19.0 Å². The molecule has 158 valence electrons. The highest BCUT2D eigenvalue weighted by molar-refractivity contribution is 5.97. The second-order valence-electron chi connectivity index (χ2n) is 7.62. The lowest BCUT2D eigenvalue weighted by Crippen LogP contribution is -2.60. The SMILES string of the molecule is COc1ccc(/C=N\N2CC(=O)N3Cc4[nH]c5ccccc5c4C[C@H]3C2=O)cc1OC. The maximum atomic E-state index is 13.2. The number of hydrazone groups is 1. The number of amides is 2. The van der Waals surface area contributed by atoms with Gasteiger partial charge in [0.05, 0.1) is 27.0 Å². The Morgan fingerprint density at radius 3 is 2.68 bits per heavy atom. The van der Waals surface area contributed by atoms with Crippen LogP contribution in [0.3, 0.4) is 0 Å². The lowest BCUT2D eigenvalue weighted by molar-refractivity contribution is -0.157. The first kappa shape index (κ1) is 19.2. The van der Waals surface area contributed by atoms with Crippen molar-refractivity contribution in [2.24, 2.45) is 5.10 Å². The van der Waals surface area contributed by atoms with E-state index in [4.69, 9.17) is 9.47 Å². The molecule has 1 atom stereocenters. The van der Waals surface area contributed by atoms with Gasteiger partial charge in [-0.1, -0.05) is 18.2 Å². The van der Waals surface area contributed by atoms with Crippen LogP contribution in [-0.4, -0.2) is 59.7 Å². The quantitative estimate of drug-likeness (QED) is 0.659. The van der Waals surface area contributed by atoms with E-state index in [9.17, 15) is 9.59 Å². The Balaban J connectivity index is 1.41. The molecule has 8 nitrogen and oxygen atoms in total. The van der Waals surface area contributed by atoms with E-state index in [0.717, 1.165) is 27.7 Å². The molecule has 0 saturated carbocycles. The number of aromatic amines is 1. The van der Waals surface area contributed by atoms with Crippen LogP contribution in [0.5, 0.6) is 11.5 Å². The van der Waals surface area contributed by atoms with Crippen molar-refractivity contribution < 1.29 is 19.1 Å². The predicted octanol–water partition coefficient (Wildman–Crippen LogP) is 2.31. The van der Waals surface area contributed by atoms with Crippen LogP contribution < -0.4 is 9.47 Å². The number of ether oxygens (including phenoxy) is 2. The van der Waals surface area contributed by atoms with E-state index >= 15 is 0 Å². The second kappa shape index (κ2) is 7.46. The van der Waals surface area contributed by atoms with Gasteiger partial charge in [0.15, 0.2) is 11.5 Å². The molecule has 0 aliphatic carbocycles. The minimum absolute atomic E-state index is 0.0747. The summed E-state index contributed by atoms with van der Waals surface area (Å²) in [4.78, 5) is 31.0. The molecular formula is C23H22N4O4. The summed E-state index contributed by atoms with van der Waals surface area (Å²) in [5.41, 5.74) is 3.86. The number of benzene rings is 2. The number of hydrogen-bond acceptors (Lipinski definition) is 5. The van der Waals surface area contributed by atoms with Crippen molar-refractivity contribution >= 4 is 28.9 Å². The molecule has 1 saturated heterocycles. The third-order valence-corrected chi connectivity index (χ3v) is 5.90. The van der Waals surface area contributed by atoms with Crippen LogP contribution in [0.1, 0.15) is 16.8 Å². The molecule has 0 bridgehead atoms. The number of piperazine rings is 1. The van der Waals surface area contributed by atoms with E-state index in [2.05, 4.69) is 10.1 Å². The zero-order chi connectivity index (χ0) is 21.5. The van der Waals surface area contributed by atoms with Gasteiger partial charge in [0.2, 0.25) is 5.91 Å². The molecule has 1 N–H and O–H groups in total. The van der Waals surface area contributed by atoms with E-state index in [1.165, 1.54) is 5.01 Å².